The van der Waals surface area contributed by atoms with E-state index < -0.39 is 29.1 Å². The summed E-state index contributed by atoms with van der Waals surface area (Å²) in [5, 5.41) is 4.35. The van der Waals surface area contributed by atoms with Gasteiger partial charge in [0.2, 0.25) is 0 Å². The Labute approximate surface area is 143 Å². The summed E-state index contributed by atoms with van der Waals surface area (Å²) in [6.07, 6.45) is 2.32. The van der Waals surface area contributed by atoms with E-state index in [1.54, 1.807) is 12.1 Å². The predicted octanol–water partition coefficient (Wildman–Crippen LogP) is 3.14. The number of para-hydroxylation sites is 1. The molecule has 2 amide bonds. The highest BCUT2D eigenvalue weighted by Crippen LogP contribution is 2.22. The van der Waals surface area contributed by atoms with Crippen molar-refractivity contribution in [2.75, 3.05) is 28.6 Å². The molecule has 0 saturated carbocycles. The van der Waals surface area contributed by atoms with Crippen LogP contribution < -0.4 is 15.5 Å². The van der Waals surface area contributed by atoms with Gasteiger partial charge in [-0.25, -0.2) is 8.78 Å². The quantitative estimate of drug-likeness (QED) is 0.840. The van der Waals surface area contributed by atoms with Crippen molar-refractivity contribution in [3.05, 3.63) is 54.1 Å². The van der Waals surface area contributed by atoms with Crippen molar-refractivity contribution in [1.82, 2.24) is 0 Å². The van der Waals surface area contributed by atoms with E-state index in [0.717, 1.165) is 43.8 Å². The van der Waals surface area contributed by atoms with Crippen molar-refractivity contribution in [2.24, 2.45) is 0 Å². The smallest absolute Gasteiger partial charge is 0.314 e. The molecule has 7 heteroatoms. The van der Waals surface area contributed by atoms with Crippen LogP contribution in [0.1, 0.15) is 12.8 Å². The number of benzene rings is 2. The van der Waals surface area contributed by atoms with Crippen LogP contribution in [-0.4, -0.2) is 24.9 Å². The van der Waals surface area contributed by atoms with E-state index >= 15 is 0 Å². The molecule has 1 aliphatic heterocycles. The zero-order valence-electron chi connectivity index (χ0n) is 13.4. The summed E-state index contributed by atoms with van der Waals surface area (Å²) < 4.78 is 27.0. The van der Waals surface area contributed by atoms with Crippen molar-refractivity contribution < 1.29 is 18.4 Å². The SMILES string of the molecule is O=C(Nc1ccc(N2CCCC2)cc1)C(=O)Nc1c(F)cccc1F. The second-order valence-corrected chi connectivity index (χ2v) is 5.75. The monoisotopic (exact) mass is 345 g/mol. The third kappa shape index (κ3) is 3.93. The Morgan fingerprint density at radius 2 is 1.40 bits per heavy atom. The van der Waals surface area contributed by atoms with E-state index in [0.29, 0.717) is 5.69 Å². The van der Waals surface area contributed by atoms with Crippen LogP contribution in [0.4, 0.5) is 25.8 Å². The van der Waals surface area contributed by atoms with E-state index in [2.05, 4.69) is 10.2 Å². The Morgan fingerprint density at radius 1 is 0.840 bits per heavy atom. The third-order valence-electron chi connectivity index (χ3n) is 4.00. The van der Waals surface area contributed by atoms with Gasteiger partial charge in [0.15, 0.2) is 0 Å². The fourth-order valence-corrected chi connectivity index (χ4v) is 2.71. The summed E-state index contributed by atoms with van der Waals surface area (Å²) >= 11 is 0. The van der Waals surface area contributed by atoms with Crippen LogP contribution in [0.5, 0.6) is 0 Å². The van der Waals surface area contributed by atoms with E-state index in [-0.39, 0.29) is 0 Å². The Kier molecular flexibility index (Phi) is 4.92. The topological polar surface area (TPSA) is 61.4 Å². The zero-order chi connectivity index (χ0) is 17.8. The van der Waals surface area contributed by atoms with E-state index in [1.807, 2.05) is 17.4 Å². The maximum atomic E-state index is 13.5. The highest BCUT2D eigenvalue weighted by atomic mass is 19.1. The first-order valence-electron chi connectivity index (χ1n) is 7.96. The number of amides is 2. The Morgan fingerprint density at radius 3 is 2.00 bits per heavy atom. The molecule has 2 N–H and O–H groups in total. The lowest BCUT2D eigenvalue weighted by Crippen LogP contribution is -2.29. The molecule has 1 heterocycles. The molecule has 130 valence electrons. The number of carbonyl (C=O) groups excluding carboxylic acids is 2. The average Bonchev–Trinajstić information content (AvgIpc) is 3.13. The van der Waals surface area contributed by atoms with Gasteiger partial charge >= 0.3 is 11.8 Å². The number of hydrogen-bond donors (Lipinski definition) is 2. The summed E-state index contributed by atoms with van der Waals surface area (Å²) in [4.78, 5) is 26.0. The maximum Gasteiger partial charge on any atom is 0.314 e. The number of rotatable bonds is 3. The summed E-state index contributed by atoms with van der Waals surface area (Å²) in [6, 6.07) is 10.2. The van der Waals surface area contributed by atoms with Crippen molar-refractivity contribution >= 4 is 28.9 Å². The van der Waals surface area contributed by atoms with Crippen LogP contribution >= 0.6 is 0 Å². The molecule has 0 spiro atoms. The second kappa shape index (κ2) is 7.29. The van der Waals surface area contributed by atoms with Gasteiger partial charge in [-0.05, 0) is 49.2 Å². The molecule has 0 bridgehead atoms. The van der Waals surface area contributed by atoms with Gasteiger partial charge < -0.3 is 15.5 Å². The number of anilines is 3. The lowest BCUT2D eigenvalue weighted by Gasteiger charge is -2.17. The molecular formula is C18H17F2N3O2. The molecule has 2 aromatic rings. The summed E-state index contributed by atoms with van der Waals surface area (Å²) in [6.45, 7) is 2.00. The van der Waals surface area contributed by atoms with Gasteiger partial charge in [0.1, 0.15) is 17.3 Å². The standard InChI is InChI=1S/C18H17F2N3O2/c19-14-4-3-5-15(20)16(14)22-18(25)17(24)21-12-6-8-13(9-7-12)23-10-1-2-11-23/h3-9H,1-2,10-11H2,(H,21,24)(H,22,25). The van der Waals surface area contributed by atoms with Crippen LogP contribution in [0.3, 0.4) is 0 Å². The zero-order valence-corrected chi connectivity index (χ0v) is 13.4. The lowest BCUT2D eigenvalue weighted by molar-refractivity contribution is -0.133. The number of nitrogens with one attached hydrogen (secondary N) is 2. The van der Waals surface area contributed by atoms with Crippen LogP contribution in [0.2, 0.25) is 0 Å². The fourth-order valence-electron chi connectivity index (χ4n) is 2.71. The Hall–Kier alpha value is -2.96. The minimum absolute atomic E-state index is 0.428. The summed E-state index contributed by atoms with van der Waals surface area (Å²) in [5.74, 6) is -4.04. The van der Waals surface area contributed by atoms with Gasteiger partial charge in [-0.3, -0.25) is 9.59 Å². The van der Waals surface area contributed by atoms with Gasteiger partial charge in [0, 0.05) is 24.5 Å². The minimum atomic E-state index is -1.15. The number of hydrogen-bond acceptors (Lipinski definition) is 3. The van der Waals surface area contributed by atoms with Crippen molar-refractivity contribution in [1.29, 1.82) is 0 Å². The van der Waals surface area contributed by atoms with E-state index in [1.165, 1.54) is 6.07 Å². The van der Waals surface area contributed by atoms with Crippen LogP contribution in [0.15, 0.2) is 42.5 Å². The van der Waals surface area contributed by atoms with Crippen LogP contribution in [-0.2, 0) is 9.59 Å². The van der Waals surface area contributed by atoms with Crippen molar-refractivity contribution in [3.8, 4) is 0 Å². The third-order valence-corrected chi connectivity index (χ3v) is 4.00. The largest absolute Gasteiger partial charge is 0.372 e. The van der Waals surface area contributed by atoms with Gasteiger partial charge in [0.25, 0.3) is 0 Å². The minimum Gasteiger partial charge on any atom is -0.372 e. The average molecular weight is 345 g/mol. The molecule has 0 radical (unpaired) electrons. The molecule has 0 aliphatic carbocycles. The molecule has 0 aromatic heterocycles. The molecule has 1 fully saturated rings. The maximum absolute atomic E-state index is 13.5. The summed E-state index contributed by atoms with van der Waals surface area (Å²) in [5.41, 5.74) is 0.831. The first-order valence-corrected chi connectivity index (χ1v) is 7.96. The number of carbonyl (C=O) groups is 2. The lowest BCUT2D eigenvalue weighted by atomic mass is 10.2. The molecule has 25 heavy (non-hydrogen) atoms. The molecule has 3 rings (SSSR count). The van der Waals surface area contributed by atoms with Gasteiger partial charge in [0.05, 0.1) is 0 Å². The second-order valence-electron chi connectivity index (χ2n) is 5.75. The first-order chi connectivity index (χ1) is 12.0. The fraction of sp³-hybridized carbons (Fsp3) is 0.222. The van der Waals surface area contributed by atoms with E-state index in [4.69, 9.17) is 0 Å². The number of nitrogens with zero attached hydrogens (tertiary/aromatic N) is 1. The Balaban J connectivity index is 1.62. The molecule has 2 aromatic carbocycles. The molecular weight excluding hydrogens is 328 g/mol. The molecule has 5 nitrogen and oxygen atoms in total. The summed E-state index contributed by atoms with van der Waals surface area (Å²) in [7, 11) is 0. The molecule has 0 atom stereocenters. The van der Waals surface area contributed by atoms with Crippen molar-refractivity contribution in [2.45, 2.75) is 12.8 Å². The van der Waals surface area contributed by atoms with Crippen LogP contribution in [0, 0.1) is 11.6 Å². The Bertz CT molecular complexity index is 767. The number of halogens is 2. The molecule has 1 aliphatic rings. The normalized spacial score (nSPS) is 13.6. The van der Waals surface area contributed by atoms with Gasteiger partial charge in [-0.1, -0.05) is 6.07 Å². The van der Waals surface area contributed by atoms with Crippen LogP contribution in [0.25, 0.3) is 0 Å². The predicted molar refractivity (Wildman–Crippen MR) is 91.5 cm³/mol. The van der Waals surface area contributed by atoms with Crippen molar-refractivity contribution in [3.63, 3.8) is 0 Å². The van der Waals surface area contributed by atoms with Gasteiger partial charge in [-0.15, -0.1) is 0 Å². The first kappa shape index (κ1) is 16.9. The molecule has 1 saturated heterocycles. The highest BCUT2D eigenvalue weighted by Gasteiger charge is 2.18. The highest BCUT2D eigenvalue weighted by molar-refractivity contribution is 6.43. The van der Waals surface area contributed by atoms with Gasteiger partial charge in [-0.2, -0.15) is 0 Å². The van der Waals surface area contributed by atoms with E-state index in [9.17, 15) is 18.4 Å². The molecule has 0 unspecified atom stereocenters.